The second kappa shape index (κ2) is 3.88. The molecule has 0 aliphatic heterocycles. The third-order valence-corrected chi connectivity index (χ3v) is 1.82. The van der Waals surface area contributed by atoms with Gasteiger partial charge in [-0.15, -0.1) is 0 Å². The third kappa shape index (κ3) is 2.68. The first kappa shape index (κ1) is 11.5. The van der Waals surface area contributed by atoms with E-state index >= 15 is 0 Å². The molecule has 0 aromatic carbocycles. The number of amides is 1. The number of carbonyl (C=O) groups is 1. The van der Waals surface area contributed by atoms with Crippen LogP contribution in [0.15, 0.2) is 12.1 Å². The Labute approximate surface area is 84.1 Å². The number of hydrogen-bond acceptors (Lipinski definition) is 2. The molecule has 0 unspecified atom stereocenters. The Morgan fingerprint density at radius 1 is 1.47 bits per heavy atom. The maximum atomic E-state index is 12.4. The summed E-state index contributed by atoms with van der Waals surface area (Å²) >= 11 is 0. The van der Waals surface area contributed by atoms with Gasteiger partial charge in [-0.25, -0.2) is 4.98 Å². The number of nitrogens with zero attached hydrogens (tertiary/aromatic N) is 1. The molecular weight excluding hydrogens is 209 g/mol. The molecule has 0 radical (unpaired) electrons. The Morgan fingerprint density at radius 2 is 2.07 bits per heavy atom. The number of nitrogens with two attached hydrogens (primary N) is 1. The van der Waals surface area contributed by atoms with Crippen LogP contribution in [-0.4, -0.2) is 10.9 Å². The predicted octanol–water partition coefficient (Wildman–Crippen LogP) is 1.76. The second-order valence-corrected chi connectivity index (χ2v) is 2.95. The number of alkyl halides is 3. The summed E-state index contributed by atoms with van der Waals surface area (Å²) in [5.74, 6) is -0.962. The summed E-state index contributed by atoms with van der Waals surface area (Å²) in [6.07, 6.45) is -4.18. The van der Waals surface area contributed by atoms with Crippen molar-refractivity contribution < 1.29 is 18.0 Å². The van der Waals surface area contributed by atoms with E-state index in [1.54, 1.807) is 6.92 Å². The first-order chi connectivity index (χ1) is 6.84. The minimum atomic E-state index is -4.49. The number of aromatic nitrogens is 1. The SMILES string of the molecule is CCc1cc(C(F)(F)F)cc(C(N)=O)n1. The Kier molecular flexibility index (Phi) is 2.97. The van der Waals surface area contributed by atoms with Crippen molar-refractivity contribution in [2.75, 3.05) is 0 Å². The minimum Gasteiger partial charge on any atom is -0.364 e. The van der Waals surface area contributed by atoms with Gasteiger partial charge in [-0.3, -0.25) is 4.79 Å². The van der Waals surface area contributed by atoms with Crippen molar-refractivity contribution in [1.82, 2.24) is 4.98 Å². The third-order valence-electron chi connectivity index (χ3n) is 1.82. The van der Waals surface area contributed by atoms with E-state index in [1.807, 2.05) is 0 Å². The van der Waals surface area contributed by atoms with Crippen LogP contribution in [0.4, 0.5) is 13.2 Å². The molecule has 2 N–H and O–H groups in total. The van der Waals surface area contributed by atoms with Gasteiger partial charge in [-0.05, 0) is 18.6 Å². The molecule has 1 aromatic rings. The number of carbonyl (C=O) groups excluding carboxylic acids is 1. The van der Waals surface area contributed by atoms with E-state index in [9.17, 15) is 18.0 Å². The van der Waals surface area contributed by atoms with Gasteiger partial charge in [0.25, 0.3) is 5.91 Å². The van der Waals surface area contributed by atoms with Crippen LogP contribution >= 0.6 is 0 Å². The minimum absolute atomic E-state index is 0.193. The van der Waals surface area contributed by atoms with Crippen molar-refractivity contribution >= 4 is 5.91 Å². The van der Waals surface area contributed by atoms with Crippen LogP contribution in [0.25, 0.3) is 0 Å². The molecule has 1 aromatic heterocycles. The van der Waals surface area contributed by atoms with Crippen molar-refractivity contribution in [1.29, 1.82) is 0 Å². The quantitative estimate of drug-likeness (QED) is 0.822. The van der Waals surface area contributed by atoms with Crippen molar-refractivity contribution in [3.8, 4) is 0 Å². The fourth-order valence-corrected chi connectivity index (χ4v) is 1.06. The summed E-state index contributed by atoms with van der Waals surface area (Å²) in [5, 5.41) is 0. The summed E-state index contributed by atoms with van der Waals surface area (Å²) in [7, 11) is 0. The van der Waals surface area contributed by atoms with E-state index in [0.29, 0.717) is 12.5 Å². The van der Waals surface area contributed by atoms with E-state index in [-0.39, 0.29) is 11.4 Å². The molecule has 1 amide bonds. The fourth-order valence-electron chi connectivity index (χ4n) is 1.06. The fraction of sp³-hybridized carbons (Fsp3) is 0.333. The molecule has 0 aliphatic carbocycles. The second-order valence-electron chi connectivity index (χ2n) is 2.95. The van der Waals surface area contributed by atoms with E-state index in [1.165, 1.54) is 0 Å². The molecule has 6 heteroatoms. The van der Waals surface area contributed by atoms with Gasteiger partial charge in [-0.2, -0.15) is 13.2 Å². The molecule has 0 saturated carbocycles. The molecule has 0 bridgehead atoms. The topological polar surface area (TPSA) is 56.0 Å². The van der Waals surface area contributed by atoms with Crippen molar-refractivity contribution in [3.63, 3.8) is 0 Å². The molecule has 0 aliphatic rings. The number of pyridine rings is 1. The highest BCUT2D eigenvalue weighted by molar-refractivity contribution is 5.91. The van der Waals surface area contributed by atoms with Crippen LogP contribution in [0.3, 0.4) is 0 Å². The lowest BCUT2D eigenvalue weighted by Gasteiger charge is -2.09. The van der Waals surface area contributed by atoms with E-state index in [2.05, 4.69) is 4.98 Å². The summed E-state index contributed by atoms with van der Waals surface area (Å²) in [4.78, 5) is 14.4. The standard InChI is InChI=1S/C9H9F3N2O/c1-2-6-3-5(9(10,11)12)4-7(14-6)8(13)15/h3-4H,2H2,1H3,(H2,13,15). The molecule has 0 atom stereocenters. The highest BCUT2D eigenvalue weighted by atomic mass is 19.4. The Hall–Kier alpha value is -1.59. The molecule has 15 heavy (non-hydrogen) atoms. The van der Waals surface area contributed by atoms with Crippen LogP contribution in [0, 0.1) is 0 Å². The monoisotopic (exact) mass is 218 g/mol. The lowest BCUT2D eigenvalue weighted by molar-refractivity contribution is -0.137. The molecule has 0 fully saturated rings. The number of primary amides is 1. The summed E-state index contributed by atoms with van der Waals surface area (Å²) in [6, 6.07) is 1.56. The van der Waals surface area contributed by atoms with Crippen LogP contribution in [-0.2, 0) is 12.6 Å². The predicted molar refractivity (Wildman–Crippen MR) is 47.1 cm³/mol. The molecule has 0 spiro atoms. The highest BCUT2D eigenvalue weighted by Crippen LogP contribution is 2.29. The normalized spacial score (nSPS) is 11.5. The van der Waals surface area contributed by atoms with Gasteiger partial charge < -0.3 is 5.73 Å². The Balaban J connectivity index is 3.30. The van der Waals surface area contributed by atoms with Crippen molar-refractivity contribution in [2.45, 2.75) is 19.5 Å². The zero-order valence-electron chi connectivity index (χ0n) is 7.93. The lowest BCUT2D eigenvalue weighted by Crippen LogP contribution is -2.16. The Bertz CT molecular complexity index is 387. The summed E-state index contributed by atoms with van der Waals surface area (Å²) in [5.41, 5.74) is 3.81. The Morgan fingerprint density at radius 3 is 2.47 bits per heavy atom. The first-order valence-electron chi connectivity index (χ1n) is 4.22. The molecule has 0 saturated heterocycles. The molecule has 82 valence electrons. The maximum Gasteiger partial charge on any atom is 0.416 e. The van der Waals surface area contributed by atoms with Gasteiger partial charge in [0, 0.05) is 5.69 Å². The lowest BCUT2D eigenvalue weighted by atomic mass is 10.1. The van der Waals surface area contributed by atoms with Gasteiger partial charge in [0.2, 0.25) is 0 Å². The summed E-state index contributed by atoms with van der Waals surface area (Å²) < 4.78 is 37.1. The van der Waals surface area contributed by atoms with E-state index in [4.69, 9.17) is 5.73 Å². The smallest absolute Gasteiger partial charge is 0.364 e. The number of aryl methyl sites for hydroxylation is 1. The molecule has 1 rings (SSSR count). The van der Waals surface area contributed by atoms with Crippen LogP contribution in [0.2, 0.25) is 0 Å². The van der Waals surface area contributed by atoms with Gasteiger partial charge in [0.1, 0.15) is 5.69 Å². The molecule has 3 nitrogen and oxygen atoms in total. The summed E-state index contributed by atoms with van der Waals surface area (Å²) in [6.45, 7) is 1.65. The molecular formula is C9H9F3N2O. The average molecular weight is 218 g/mol. The van der Waals surface area contributed by atoms with Crippen molar-refractivity contribution in [2.24, 2.45) is 5.73 Å². The van der Waals surface area contributed by atoms with Crippen LogP contribution in [0.1, 0.15) is 28.7 Å². The van der Waals surface area contributed by atoms with Gasteiger partial charge in [0.15, 0.2) is 0 Å². The number of halogens is 3. The van der Waals surface area contributed by atoms with E-state index in [0.717, 1.165) is 6.07 Å². The maximum absolute atomic E-state index is 12.4. The van der Waals surface area contributed by atoms with Crippen LogP contribution < -0.4 is 5.73 Å². The van der Waals surface area contributed by atoms with Gasteiger partial charge in [0.05, 0.1) is 5.56 Å². The van der Waals surface area contributed by atoms with Crippen molar-refractivity contribution in [3.05, 3.63) is 29.1 Å². The largest absolute Gasteiger partial charge is 0.416 e. The van der Waals surface area contributed by atoms with Crippen LogP contribution in [0.5, 0.6) is 0 Å². The first-order valence-corrected chi connectivity index (χ1v) is 4.22. The average Bonchev–Trinajstić information content (AvgIpc) is 2.15. The molecule has 1 heterocycles. The van der Waals surface area contributed by atoms with Gasteiger partial charge in [-0.1, -0.05) is 6.92 Å². The van der Waals surface area contributed by atoms with Gasteiger partial charge >= 0.3 is 6.18 Å². The zero-order valence-corrected chi connectivity index (χ0v) is 7.93. The zero-order chi connectivity index (χ0) is 11.6. The highest BCUT2D eigenvalue weighted by Gasteiger charge is 2.31. The number of rotatable bonds is 2. The van der Waals surface area contributed by atoms with E-state index < -0.39 is 17.6 Å². The number of hydrogen-bond donors (Lipinski definition) is 1.